The van der Waals surface area contributed by atoms with Gasteiger partial charge < -0.3 is 14.7 Å². The summed E-state index contributed by atoms with van der Waals surface area (Å²) in [6.45, 7) is 5.86. The van der Waals surface area contributed by atoms with Gasteiger partial charge in [0.2, 0.25) is 0 Å². The van der Waals surface area contributed by atoms with Crippen molar-refractivity contribution in [1.29, 1.82) is 0 Å². The van der Waals surface area contributed by atoms with Crippen molar-refractivity contribution in [2.75, 3.05) is 24.5 Å². The Labute approximate surface area is 154 Å². The highest BCUT2D eigenvalue weighted by Crippen LogP contribution is 2.28. The predicted octanol–water partition coefficient (Wildman–Crippen LogP) is 2.77. The first-order valence-electron chi connectivity index (χ1n) is 7.85. The van der Waals surface area contributed by atoms with Gasteiger partial charge in [-0.1, -0.05) is 6.07 Å². The summed E-state index contributed by atoms with van der Waals surface area (Å²) in [5.74, 6) is -1.11. The minimum Gasteiger partial charge on any atom is -0.480 e. The molecule has 8 heteroatoms. The number of piperazine rings is 1. The van der Waals surface area contributed by atoms with Crippen LogP contribution in [-0.4, -0.2) is 59.6 Å². The zero-order chi connectivity index (χ0) is 18.8. The molecule has 1 heterocycles. The Morgan fingerprint density at radius 3 is 2.56 bits per heavy atom. The minimum atomic E-state index is -1.11. The number of rotatable bonds is 3. The van der Waals surface area contributed by atoms with Gasteiger partial charge in [0.05, 0.1) is 5.56 Å². The summed E-state index contributed by atoms with van der Waals surface area (Å²) in [6.07, 6.45) is 0.0829. The highest BCUT2D eigenvalue weighted by Gasteiger charge is 2.38. The number of carbonyl (C=O) groups excluding carboxylic acids is 2. The van der Waals surface area contributed by atoms with Gasteiger partial charge in [-0.15, -0.1) is 0 Å². The number of ether oxygens (including phenoxy) is 1. The third-order valence-corrected chi connectivity index (χ3v) is 4.47. The quantitative estimate of drug-likeness (QED) is 0.767. The normalized spacial score (nSPS) is 18.0. The van der Waals surface area contributed by atoms with Gasteiger partial charge in [0.15, 0.2) is 6.29 Å². The summed E-state index contributed by atoms with van der Waals surface area (Å²) in [7, 11) is 0. The maximum absolute atomic E-state index is 12.3. The van der Waals surface area contributed by atoms with E-state index >= 15 is 0 Å². The Hall–Kier alpha value is -2.09. The first-order valence-corrected chi connectivity index (χ1v) is 8.64. The SMILES string of the molecule is CC(C)(C)OC(=O)N1CCN(c2cccc(Br)c2C=O)C[C@H]1C(=O)O. The van der Waals surface area contributed by atoms with Gasteiger partial charge in [-0.3, -0.25) is 9.69 Å². The second-order valence-corrected chi connectivity index (χ2v) is 7.62. The second-order valence-electron chi connectivity index (χ2n) is 6.76. The van der Waals surface area contributed by atoms with Gasteiger partial charge in [-0.2, -0.15) is 0 Å². The van der Waals surface area contributed by atoms with Crippen LogP contribution in [0.1, 0.15) is 31.1 Å². The van der Waals surface area contributed by atoms with Gasteiger partial charge in [0, 0.05) is 29.8 Å². The Bertz CT molecular complexity index is 686. The Balaban J connectivity index is 2.25. The third-order valence-electron chi connectivity index (χ3n) is 3.78. The van der Waals surface area contributed by atoms with Crippen molar-refractivity contribution in [3.8, 4) is 0 Å². The molecule has 1 saturated heterocycles. The van der Waals surface area contributed by atoms with Crippen molar-refractivity contribution in [1.82, 2.24) is 4.90 Å². The van der Waals surface area contributed by atoms with Crippen LogP contribution in [0.5, 0.6) is 0 Å². The molecule has 1 aromatic carbocycles. The number of hydrogen-bond donors (Lipinski definition) is 1. The van der Waals surface area contributed by atoms with Crippen LogP contribution in [0.2, 0.25) is 0 Å². The topological polar surface area (TPSA) is 87.2 Å². The summed E-state index contributed by atoms with van der Waals surface area (Å²) in [5, 5.41) is 9.55. The molecule has 0 aromatic heterocycles. The Kier molecular flexibility index (Phi) is 5.72. The summed E-state index contributed by atoms with van der Waals surface area (Å²) >= 11 is 3.33. The molecule has 2 rings (SSSR count). The monoisotopic (exact) mass is 412 g/mol. The molecule has 0 spiro atoms. The van der Waals surface area contributed by atoms with Crippen LogP contribution in [-0.2, 0) is 9.53 Å². The fourth-order valence-corrected chi connectivity index (χ4v) is 3.12. The predicted molar refractivity (Wildman–Crippen MR) is 96.1 cm³/mol. The van der Waals surface area contributed by atoms with Crippen molar-refractivity contribution in [2.24, 2.45) is 0 Å². The van der Waals surface area contributed by atoms with E-state index in [-0.39, 0.29) is 13.1 Å². The maximum atomic E-state index is 12.3. The van der Waals surface area contributed by atoms with Crippen molar-refractivity contribution in [2.45, 2.75) is 32.4 Å². The number of carboxylic acid groups (broad SMARTS) is 1. The van der Waals surface area contributed by atoms with Gasteiger partial charge in [0.1, 0.15) is 11.6 Å². The number of carboxylic acids is 1. The van der Waals surface area contributed by atoms with Crippen molar-refractivity contribution in [3.63, 3.8) is 0 Å². The molecule has 1 aliphatic heterocycles. The number of amides is 1. The highest BCUT2D eigenvalue weighted by atomic mass is 79.9. The van der Waals surface area contributed by atoms with E-state index < -0.39 is 23.7 Å². The Morgan fingerprint density at radius 1 is 1.32 bits per heavy atom. The molecule has 1 aromatic rings. The van der Waals surface area contributed by atoms with Crippen LogP contribution in [0.4, 0.5) is 10.5 Å². The highest BCUT2D eigenvalue weighted by molar-refractivity contribution is 9.10. The molecule has 1 atom stereocenters. The van der Waals surface area contributed by atoms with E-state index in [1.54, 1.807) is 43.9 Å². The van der Waals surface area contributed by atoms with E-state index in [9.17, 15) is 19.5 Å². The summed E-state index contributed by atoms with van der Waals surface area (Å²) in [5.41, 5.74) is 0.392. The summed E-state index contributed by atoms with van der Waals surface area (Å²) < 4.78 is 5.94. The number of aldehydes is 1. The molecule has 0 bridgehead atoms. The Morgan fingerprint density at radius 2 is 2.00 bits per heavy atom. The second kappa shape index (κ2) is 7.43. The fourth-order valence-electron chi connectivity index (χ4n) is 2.67. The molecule has 1 N–H and O–H groups in total. The lowest BCUT2D eigenvalue weighted by atomic mass is 10.1. The van der Waals surface area contributed by atoms with E-state index in [4.69, 9.17) is 4.74 Å². The molecule has 0 unspecified atom stereocenters. The summed E-state index contributed by atoms with van der Waals surface area (Å²) in [4.78, 5) is 38.4. The largest absolute Gasteiger partial charge is 0.480 e. The van der Waals surface area contributed by atoms with Crippen LogP contribution in [0.25, 0.3) is 0 Å². The molecule has 136 valence electrons. The lowest BCUT2D eigenvalue weighted by Gasteiger charge is -2.41. The average molecular weight is 413 g/mol. The van der Waals surface area contributed by atoms with Crippen molar-refractivity contribution in [3.05, 3.63) is 28.2 Å². The van der Waals surface area contributed by atoms with Crippen molar-refractivity contribution < 1.29 is 24.2 Å². The minimum absolute atomic E-state index is 0.0753. The first-order chi connectivity index (χ1) is 11.6. The zero-order valence-corrected chi connectivity index (χ0v) is 15.9. The molecule has 0 radical (unpaired) electrons. The number of carbonyl (C=O) groups is 3. The van der Waals surface area contributed by atoms with Gasteiger partial charge in [-0.05, 0) is 48.8 Å². The first kappa shape index (κ1) is 19.2. The molecule has 7 nitrogen and oxygen atoms in total. The molecule has 1 aliphatic rings. The molecular formula is C17H21BrN2O5. The van der Waals surface area contributed by atoms with Crippen LogP contribution >= 0.6 is 15.9 Å². The summed E-state index contributed by atoms with van der Waals surface area (Å²) in [6, 6.07) is 4.24. The zero-order valence-electron chi connectivity index (χ0n) is 14.4. The van der Waals surface area contributed by atoms with E-state index in [0.717, 1.165) is 6.29 Å². The van der Waals surface area contributed by atoms with E-state index in [1.807, 2.05) is 0 Å². The van der Waals surface area contributed by atoms with Crippen LogP contribution in [0.3, 0.4) is 0 Å². The number of benzene rings is 1. The smallest absolute Gasteiger partial charge is 0.411 e. The fraction of sp³-hybridized carbons (Fsp3) is 0.471. The van der Waals surface area contributed by atoms with Gasteiger partial charge in [0.25, 0.3) is 0 Å². The average Bonchev–Trinajstić information content (AvgIpc) is 2.52. The molecule has 1 amide bonds. The van der Waals surface area contributed by atoms with Crippen molar-refractivity contribution >= 4 is 40.0 Å². The standard InChI is InChI=1S/C17H21BrN2O5/c1-17(2,3)25-16(24)20-8-7-19(9-14(20)15(22)23)13-6-4-5-12(18)11(13)10-21/h4-6,10,14H,7-9H2,1-3H3,(H,22,23)/t14-/m0/s1. The number of hydrogen-bond acceptors (Lipinski definition) is 5. The van der Waals surface area contributed by atoms with Gasteiger partial charge >= 0.3 is 12.1 Å². The number of aliphatic carboxylic acids is 1. The molecule has 1 fully saturated rings. The molecule has 0 aliphatic carbocycles. The third kappa shape index (κ3) is 4.50. The number of nitrogens with zero attached hydrogens (tertiary/aromatic N) is 2. The lowest BCUT2D eigenvalue weighted by Crippen LogP contribution is -2.59. The maximum Gasteiger partial charge on any atom is 0.411 e. The van der Waals surface area contributed by atoms with E-state index in [0.29, 0.717) is 22.3 Å². The van der Waals surface area contributed by atoms with Crippen LogP contribution in [0.15, 0.2) is 22.7 Å². The molecule has 0 saturated carbocycles. The van der Waals surface area contributed by atoms with E-state index in [1.165, 1.54) is 4.90 Å². The molecule has 25 heavy (non-hydrogen) atoms. The van der Waals surface area contributed by atoms with Crippen LogP contribution < -0.4 is 4.90 Å². The number of halogens is 1. The number of anilines is 1. The van der Waals surface area contributed by atoms with Crippen LogP contribution in [0, 0.1) is 0 Å². The molecular weight excluding hydrogens is 392 g/mol. The lowest BCUT2D eigenvalue weighted by molar-refractivity contribution is -0.143. The van der Waals surface area contributed by atoms with E-state index in [2.05, 4.69) is 15.9 Å². The van der Waals surface area contributed by atoms with Gasteiger partial charge in [-0.25, -0.2) is 9.59 Å².